The van der Waals surface area contributed by atoms with Gasteiger partial charge in [0.2, 0.25) is 5.95 Å². The molecule has 5 nitrogen and oxygen atoms in total. The molecule has 1 aliphatic heterocycles. The average Bonchev–Trinajstić information content (AvgIpc) is 2.67. The molecule has 88 valence electrons. The van der Waals surface area contributed by atoms with Crippen molar-refractivity contribution in [1.29, 1.82) is 0 Å². The van der Waals surface area contributed by atoms with Gasteiger partial charge in [0, 0.05) is 0 Å². The first-order valence-corrected chi connectivity index (χ1v) is 5.84. The van der Waals surface area contributed by atoms with Crippen LogP contribution in [0.3, 0.4) is 0 Å². The van der Waals surface area contributed by atoms with E-state index < -0.39 is 0 Å². The molecule has 3 rings (SSSR count). The number of hydrogen-bond donors (Lipinski definition) is 2. The largest absolute Gasteiger partial charge is 0.335 e. The summed E-state index contributed by atoms with van der Waals surface area (Å²) < 4.78 is 1.58. The van der Waals surface area contributed by atoms with E-state index in [0.29, 0.717) is 5.95 Å². The molecule has 1 unspecified atom stereocenters. The third-order valence-electron chi connectivity index (χ3n) is 2.94. The minimum absolute atomic E-state index is 0.0168. The first-order valence-electron chi connectivity index (χ1n) is 5.84. The lowest BCUT2D eigenvalue weighted by Crippen LogP contribution is -2.47. The van der Waals surface area contributed by atoms with Gasteiger partial charge in [-0.25, -0.2) is 14.3 Å². The fraction of sp³-hybridized carbons (Fsp3) is 0.333. The van der Waals surface area contributed by atoms with Crippen LogP contribution in [-0.4, -0.2) is 21.7 Å². The SMILES string of the molecule is CCCC1NC(=O)n2c(nc3ccccc32)N1. The predicted molar refractivity (Wildman–Crippen MR) is 66.0 cm³/mol. The van der Waals surface area contributed by atoms with E-state index in [1.807, 2.05) is 24.3 Å². The highest BCUT2D eigenvalue weighted by Crippen LogP contribution is 2.22. The quantitative estimate of drug-likeness (QED) is 0.831. The smallest absolute Gasteiger partial charge is 0.330 e. The zero-order valence-corrected chi connectivity index (χ0v) is 9.60. The van der Waals surface area contributed by atoms with E-state index in [1.165, 1.54) is 0 Å². The summed E-state index contributed by atoms with van der Waals surface area (Å²) in [5.74, 6) is 0.633. The Morgan fingerprint density at radius 3 is 3.00 bits per heavy atom. The predicted octanol–water partition coefficient (Wildman–Crippen LogP) is 2.15. The fourth-order valence-corrected chi connectivity index (χ4v) is 2.17. The molecule has 0 bridgehead atoms. The highest BCUT2D eigenvalue weighted by atomic mass is 16.2. The van der Waals surface area contributed by atoms with E-state index in [9.17, 15) is 4.79 Å². The van der Waals surface area contributed by atoms with Gasteiger partial charge in [0.1, 0.15) is 6.17 Å². The molecular weight excluding hydrogens is 216 g/mol. The molecule has 1 atom stereocenters. The number of para-hydroxylation sites is 2. The van der Waals surface area contributed by atoms with Gasteiger partial charge < -0.3 is 10.6 Å². The lowest BCUT2D eigenvalue weighted by atomic mass is 10.2. The Morgan fingerprint density at radius 2 is 2.18 bits per heavy atom. The van der Waals surface area contributed by atoms with E-state index in [1.54, 1.807) is 4.57 Å². The number of imidazole rings is 1. The molecule has 0 fully saturated rings. The van der Waals surface area contributed by atoms with E-state index in [-0.39, 0.29) is 12.2 Å². The van der Waals surface area contributed by atoms with Crippen LogP contribution >= 0.6 is 0 Å². The molecule has 0 spiro atoms. The van der Waals surface area contributed by atoms with Crippen LogP contribution in [0.5, 0.6) is 0 Å². The monoisotopic (exact) mass is 230 g/mol. The summed E-state index contributed by atoms with van der Waals surface area (Å²) in [7, 11) is 0. The second-order valence-electron chi connectivity index (χ2n) is 4.19. The second-order valence-corrected chi connectivity index (χ2v) is 4.19. The number of nitrogens with zero attached hydrogens (tertiary/aromatic N) is 2. The van der Waals surface area contributed by atoms with Gasteiger partial charge in [-0.1, -0.05) is 25.5 Å². The molecule has 1 aliphatic rings. The lowest BCUT2D eigenvalue weighted by molar-refractivity contribution is 0.237. The van der Waals surface area contributed by atoms with E-state index >= 15 is 0 Å². The molecule has 2 N–H and O–H groups in total. The van der Waals surface area contributed by atoms with Gasteiger partial charge in [0.25, 0.3) is 0 Å². The summed E-state index contributed by atoms with van der Waals surface area (Å²) in [4.78, 5) is 16.4. The summed E-state index contributed by atoms with van der Waals surface area (Å²) in [6.07, 6.45) is 1.89. The van der Waals surface area contributed by atoms with Gasteiger partial charge >= 0.3 is 6.03 Å². The average molecular weight is 230 g/mol. The lowest BCUT2D eigenvalue weighted by Gasteiger charge is -2.25. The number of aromatic nitrogens is 2. The van der Waals surface area contributed by atoms with Crippen molar-refractivity contribution in [2.75, 3.05) is 5.32 Å². The number of hydrogen-bond acceptors (Lipinski definition) is 3. The summed E-state index contributed by atoms with van der Waals surface area (Å²) in [5.41, 5.74) is 1.67. The van der Waals surface area contributed by atoms with Crippen LogP contribution in [0.4, 0.5) is 10.7 Å². The molecule has 0 saturated carbocycles. The number of benzene rings is 1. The Balaban J connectivity index is 2.09. The van der Waals surface area contributed by atoms with Gasteiger partial charge in [-0.15, -0.1) is 0 Å². The van der Waals surface area contributed by atoms with Crippen molar-refractivity contribution < 1.29 is 4.79 Å². The van der Waals surface area contributed by atoms with Crippen molar-refractivity contribution in [2.24, 2.45) is 0 Å². The minimum Gasteiger partial charge on any atom is -0.335 e. The van der Waals surface area contributed by atoms with Gasteiger partial charge in [0.05, 0.1) is 11.0 Å². The normalized spacial score (nSPS) is 18.6. The first kappa shape index (κ1) is 10.1. The maximum Gasteiger partial charge on any atom is 0.330 e. The minimum atomic E-state index is -0.106. The Bertz CT molecular complexity index is 575. The highest BCUT2D eigenvalue weighted by Gasteiger charge is 2.25. The number of amides is 1. The molecular formula is C12H14N4O. The zero-order chi connectivity index (χ0) is 11.8. The van der Waals surface area contributed by atoms with Gasteiger partial charge in [-0.3, -0.25) is 0 Å². The van der Waals surface area contributed by atoms with Crippen molar-refractivity contribution in [3.8, 4) is 0 Å². The van der Waals surface area contributed by atoms with Crippen LogP contribution < -0.4 is 10.6 Å². The maximum atomic E-state index is 12.0. The molecule has 1 aromatic carbocycles. The standard InChI is InChI=1S/C12H14N4O/c1-2-5-10-14-11-13-8-6-3-4-7-9(8)16(11)12(17)15-10/h3-4,6-7,10H,2,5H2,1H3,(H,13,14)(H,15,17). The number of fused-ring (bicyclic) bond motifs is 3. The molecule has 2 aromatic rings. The van der Waals surface area contributed by atoms with Crippen LogP contribution in [0.25, 0.3) is 11.0 Å². The Labute approximate surface area is 98.8 Å². The van der Waals surface area contributed by atoms with E-state index in [4.69, 9.17) is 0 Å². The molecule has 17 heavy (non-hydrogen) atoms. The van der Waals surface area contributed by atoms with E-state index in [0.717, 1.165) is 23.9 Å². The Morgan fingerprint density at radius 1 is 1.35 bits per heavy atom. The Kier molecular flexibility index (Phi) is 2.24. The highest BCUT2D eigenvalue weighted by molar-refractivity contribution is 5.94. The molecule has 1 amide bonds. The van der Waals surface area contributed by atoms with Crippen molar-refractivity contribution in [3.63, 3.8) is 0 Å². The zero-order valence-electron chi connectivity index (χ0n) is 9.60. The summed E-state index contributed by atoms with van der Waals surface area (Å²) in [6, 6.07) is 7.52. The molecule has 1 aromatic heterocycles. The van der Waals surface area contributed by atoms with Crippen LogP contribution in [0.1, 0.15) is 19.8 Å². The van der Waals surface area contributed by atoms with Crippen LogP contribution in [0, 0.1) is 0 Å². The molecule has 2 heterocycles. The number of nitrogens with one attached hydrogen (secondary N) is 2. The third kappa shape index (κ3) is 1.54. The number of rotatable bonds is 2. The third-order valence-corrected chi connectivity index (χ3v) is 2.94. The topological polar surface area (TPSA) is 59.0 Å². The van der Waals surface area contributed by atoms with Crippen molar-refractivity contribution in [1.82, 2.24) is 14.9 Å². The Hall–Kier alpha value is -2.04. The van der Waals surface area contributed by atoms with Crippen LogP contribution in [0.2, 0.25) is 0 Å². The van der Waals surface area contributed by atoms with Gasteiger partial charge in [-0.05, 0) is 18.6 Å². The molecule has 0 aliphatic carbocycles. The van der Waals surface area contributed by atoms with Crippen molar-refractivity contribution in [2.45, 2.75) is 25.9 Å². The van der Waals surface area contributed by atoms with Gasteiger partial charge in [-0.2, -0.15) is 0 Å². The maximum absolute atomic E-state index is 12.0. The number of carbonyl (C=O) groups is 1. The van der Waals surface area contributed by atoms with Crippen molar-refractivity contribution >= 4 is 23.0 Å². The first-order chi connectivity index (χ1) is 8.29. The molecule has 5 heteroatoms. The second kappa shape index (κ2) is 3.76. The van der Waals surface area contributed by atoms with Crippen LogP contribution in [-0.2, 0) is 0 Å². The van der Waals surface area contributed by atoms with Gasteiger partial charge in [0.15, 0.2) is 0 Å². The molecule has 0 radical (unpaired) electrons. The van der Waals surface area contributed by atoms with E-state index in [2.05, 4.69) is 22.5 Å². The summed E-state index contributed by atoms with van der Waals surface area (Å²) in [6.45, 7) is 2.09. The summed E-state index contributed by atoms with van der Waals surface area (Å²) in [5, 5.41) is 6.16. The van der Waals surface area contributed by atoms with Crippen molar-refractivity contribution in [3.05, 3.63) is 24.3 Å². The number of carbonyl (C=O) groups excluding carboxylic acids is 1. The van der Waals surface area contributed by atoms with Crippen LogP contribution in [0.15, 0.2) is 24.3 Å². The fourth-order valence-electron chi connectivity index (χ4n) is 2.17. The summed E-state index contributed by atoms with van der Waals surface area (Å²) >= 11 is 0. The molecule has 0 saturated heterocycles. The number of anilines is 1.